The van der Waals surface area contributed by atoms with E-state index in [1.807, 2.05) is 13.0 Å². The first-order valence-electron chi connectivity index (χ1n) is 23.1. The van der Waals surface area contributed by atoms with E-state index in [-0.39, 0.29) is 52.2 Å². The van der Waals surface area contributed by atoms with Gasteiger partial charge >= 0.3 is 5.69 Å². The van der Waals surface area contributed by atoms with Gasteiger partial charge in [-0.3, -0.25) is 33.4 Å². The van der Waals surface area contributed by atoms with Gasteiger partial charge < -0.3 is 15.0 Å². The second-order valence-corrected chi connectivity index (χ2v) is 21.0. The first-order valence-corrected chi connectivity index (χ1v) is 24.9. The van der Waals surface area contributed by atoms with Crippen LogP contribution in [0.2, 0.25) is 5.02 Å². The average molecular weight is 929 g/mol. The summed E-state index contributed by atoms with van der Waals surface area (Å²) in [6.45, 7) is 5.46. The Morgan fingerprint density at radius 2 is 1.66 bits per heavy atom. The molecule has 346 valence electrons. The fourth-order valence-electron chi connectivity index (χ4n) is 10.5. The van der Waals surface area contributed by atoms with Crippen molar-refractivity contribution in [1.29, 1.82) is 0 Å². The highest BCUT2D eigenvalue weighted by Gasteiger charge is 2.33. The summed E-state index contributed by atoms with van der Waals surface area (Å²) >= 11 is 6.30. The maximum absolute atomic E-state index is 13.6. The van der Waals surface area contributed by atoms with Gasteiger partial charge in [-0.15, -0.1) is 0 Å². The molecule has 2 N–H and O–H groups in total. The number of aryl methyl sites for hydroxylation is 2. The number of rotatable bonds is 13. The van der Waals surface area contributed by atoms with Gasteiger partial charge in [-0.2, -0.15) is 9.29 Å². The SMILES string of the molecule is Cc1cc(S(=O)(=O)N(C)CCO[C@H]2CC[C@H](CN3CCC(c4ccc5c(c4)n(C)c(=O)n5C4CCC(=O)NC4=O)CC3)CC2)ccc1Nc1ncc2cc(Cl)c(=O)n(C3CCCC3)c2n1. The molecule has 0 bridgehead atoms. The van der Waals surface area contributed by atoms with Crippen molar-refractivity contribution in [3.63, 3.8) is 0 Å². The van der Waals surface area contributed by atoms with Crippen molar-refractivity contribution < 1.29 is 22.7 Å². The number of nitrogens with one attached hydrogen (secondary N) is 2. The number of fused-ring (bicyclic) bond motifs is 2. The number of halogens is 1. The summed E-state index contributed by atoms with van der Waals surface area (Å²) in [5.41, 5.74) is 4.11. The van der Waals surface area contributed by atoms with E-state index in [9.17, 15) is 27.6 Å². The predicted molar refractivity (Wildman–Crippen MR) is 249 cm³/mol. The molecule has 9 rings (SSSR count). The molecule has 5 heterocycles. The largest absolute Gasteiger partial charge is 0.377 e. The van der Waals surface area contributed by atoms with Gasteiger partial charge in [-0.05, 0) is 137 Å². The van der Waals surface area contributed by atoms with E-state index in [1.165, 1.54) is 14.4 Å². The molecule has 2 aliphatic heterocycles. The number of piperidine rings is 2. The van der Waals surface area contributed by atoms with E-state index in [0.717, 1.165) is 89.4 Å². The fourth-order valence-corrected chi connectivity index (χ4v) is 12.0. The maximum Gasteiger partial charge on any atom is 0.329 e. The number of aromatic nitrogens is 5. The summed E-state index contributed by atoms with van der Waals surface area (Å²) in [5.74, 6) is 0.561. The van der Waals surface area contributed by atoms with Crippen molar-refractivity contribution in [3.8, 4) is 0 Å². The number of ether oxygens (including phenoxy) is 1. The Morgan fingerprint density at radius 3 is 2.38 bits per heavy atom. The van der Waals surface area contributed by atoms with E-state index >= 15 is 0 Å². The van der Waals surface area contributed by atoms with E-state index in [4.69, 9.17) is 21.3 Å². The van der Waals surface area contributed by atoms with Gasteiger partial charge in [0.05, 0.1) is 28.6 Å². The quantitative estimate of drug-likeness (QED) is 0.126. The smallest absolute Gasteiger partial charge is 0.329 e. The molecule has 5 aromatic rings. The number of hydrogen-bond acceptors (Lipinski definition) is 11. The van der Waals surface area contributed by atoms with Crippen LogP contribution in [-0.2, 0) is 31.4 Å². The van der Waals surface area contributed by atoms with E-state index in [2.05, 4.69) is 32.7 Å². The molecule has 2 aromatic carbocycles. The zero-order valence-electron chi connectivity index (χ0n) is 37.3. The minimum atomic E-state index is -3.77. The minimum Gasteiger partial charge on any atom is -0.377 e. The van der Waals surface area contributed by atoms with Crippen LogP contribution >= 0.6 is 11.6 Å². The summed E-state index contributed by atoms with van der Waals surface area (Å²) in [5, 5.41) is 6.43. The van der Waals surface area contributed by atoms with E-state index < -0.39 is 22.0 Å². The lowest BCUT2D eigenvalue weighted by molar-refractivity contribution is -0.135. The molecule has 2 saturated heterocycles. The molecule has 2 saturated carbocycles. The van der Waals surface area contributed by atoms with Crippen molar-refractivity contribution in [1.82, 2.24) is 38.2 Å². The predicted octanol–water partition coefficient (Wildman–Crippen LogP) is 6.32. The Balaban J connectivity index is 0.724. The number of likely N-dealkylation sites (N-methyl/N-ethyl adjacent to an activating group) is 1. The molecule has 16 nitrogen and oxygen atoms in total. The normalized spacial score (nSPS) is 21.8. The number of imidazole rings is 1. The second-order valence-electron chi connectivity index (χ2n) is 18.5. The van der Waals surface area contributed by atoms with E-state index in [1.54, 1.807) is 53.7 Å². The maximum atomic E-state index is 13.6. The van der Waals surface area contributed by atoms with Crippen LogP contribution in [0.1, 0.15) is 106 Å². The number of amides is 2. The molecule has 2 aliphatic carbocycles. The number of carbonyl (C=O) groups is 2. The number of benzene rings is 2. The number of anilines is 2. The molecular weight excluding hydrogens is 870 g/mol. The lowest BCUT2D eigenvalue weighted by Gasteiger charge is -2.36. The van der Waals surface area contributed by atoms with Gasteiger partial charge in [-0.1, -0.05) is 30.5 Å². The number of carbonyl (C=O) groups excluding carboxylic acids is 2. The number of sulfonamides is 1. The van der Waals surface area contributed by atoms with Crippen molar-refractivity contribution >= 4 is 67.1 Å². The Bertz CT molecular complexity index is 2860. The van der Waals surface area contributed by atoms with E-state index in [0.29, 0.717) is 58.6 Å². The average Bonchev–Trinajstić information content (AvgIpc) is 3.91. The first-order chi connectivity index (χ1) is 31.2. The number of nitrogens with zero attached hydrogens (tertiary/aromatic N) is 7. The molecule has 1 atom stereocenters. The minimum absolute atomic E-state index is 0.0386. The Morgan fingerprint density at radius 1 is 0.908 bits per heavy atom. The molecule has 1 unspecified atom stereocenters. The summed E-state index contributed by atoms with van der Waals surface area (Å²) in [4.78, 5) is 62.6. The van der Waals surface area contributed by atoms with Crippen LogP contribution in [0.3, 0.4) is 0 Å². The third-order valence-electron chi connectivity index (χ3n) is 14.3. The summed E-state index contributed by atoms with van der Waals surface area (Å²) < 4.78 is 39.7. The third kappa shape index (κ3) is 9.27. The molecule has 18 heteroatoms. The van der Waals surface area contributed by atoms with Crippen LogP contribution in [0.4, 0.5) is 11.6 Å². The third-order valence-corrected chi connectivity index (χ3v) is 16.5. The van der Waals surface area contributed by atoms with Crippen LogP contribution in [0, 0.1) is 12.8 Å². The number of pyridine rings is 1. The highest BCUT2D eigenvalue weighted by atomic mass is 35.5. The van der Waals surface area contributed by atoms with Gasteiger partial charge in [0.25, 0.3) is 5.56 Å². The van der Waals surface area contributed by atoms with Crippen molar-refractivity contribution in [2.24, 2.45) is 13.0 Å². The second kappa shape index (κ2) is 18.7. The van der Waals surface area contributed by atoms with Crippen LogP contribution in [-0.4, -0.2) is 99.0 Å². The monoisotopic (exact) mass is 927 g/mol. The molecule has 4 aliphatic rings. The first kappa shape index (κ1) is 45.2. The Kier molecular flexibility index (Phi) is 13.0. The van der Waals surface area contributed by atoms with Gasteiger partial charge in [0.15, 0.2) is 0 Å². The van der Waals surface area contributed by atoms with Gasteiger partial charge in [0, 0.05) is 56.9 Å². The van der Waals surface area contributed by atoms with Crippen molar-refractivity contribution in [2.45, 2.75) is 113 Å². The van der Waals surface area contributed by atoms with Gasteiger partial charge in [0.1, 0.15) is 16.7 Å². The van der Waals surface area contributed by atoms with Crippen molar-refractivity contribution in [2.75, 3.05) is 45.2 Å². The fraction of sp³-hybridized carbons (Fsp3) is 0.532. The number of imide groups is 1. The standard InChI is InChI=1S/C47H58ClN9O7S/c1-29-24-36(13-14-38(29)50-46-49-27-33-25-37(48)45(60)56(43(33)52-46)34-6-4-5-7-34)65(62,63)53(2)22-23-64-35-11-8-30(9-12-35)28-55-20-18-31(19-21-55)32-10-15-39-41(26-32)54(3)47(61)57(39)40-16-17-42(58)51-44(40)59/h10,13-15,24-27,30-31,34-35,40H,4-9,11-12,16-23,28H2,1-3H3,(H,49,50,52)(H,51,58,59)/t30-,35-,40?. The zero-order valence-corrected chi connectivity index (χ0v) is 38.9. The Labute approximate surface area is 383 Å². The lowest BCUT2D eigenvalue weighted by atomic mass is 9.85. The zero-order chi connectivity index (χ0) is 45.6. The topological polar surface area (TPSA) is 183 Å². The number of likely N-dealkylation sites (tertiary alicyclic amines) is 1. The molecular formula is C47H58ClN9O7S. The van der Waals surface area contributed by atoms with Crippen LogP contribution in [0.5, 0.6) is 0 Å². The van der Waals surface area contributed by atoms with Crippen LogP contribution in [0.25, 0.3) is 22.1 Å². The molecule has 2 amide bonds. The van der Waals surface area contributed by atoms with Crippen LogP contribution in [0.15, 0.2) is 63.1 Å². The molecule has 0 spiro atoms. The molecule has 4 fully saturated rings. The molecule has 0 radical (unpaired) electrons. The summed E-state index contributed by atoms with van der Waals surface area (Å²) in [7, 11) is -0.450. The van der Waals surface area contributed by atoms with Crippen LogP contribution < -0.4 is 21.9 Å². The Hall–Kier alpha value is -4.94. The lowest BCUT2D eigenvalue weighted by Crippen LogP contribution is -2.44. The molecule has 65 heavy (non-hydrogen) atoms. The van der Waals surface area contributed by atoms with Gasteiger partial charge in [0.2, 0.25) is 27.8 Å². The van der Waals surface area contributed by atoms with Crippen molar-refractivity contribution in [3.05, 3.63) is 85.6 Å². The van der Waals surface area contributed by atoms with Gasteiger partial charge in [-0.25, -0.2) is 18.2 Å². The number of hydrogen-bond donors (Lipinski definition) is 2. The summed E-state index contributed by atoms with van der Waals surface area (Å²) in [6, 6.07) is 12.0. The highest BCUT2D eigenvalue weighted by Crippen LogP contribution is 2.35. The summed E-state index contributed by atoms with van der Waals surface area (Å²) in [6.07, 6.45) is 12.3. The molecule has 3 aromatic heterocycles. The highest BCUT2D eigenvalue weighted by molar-refractivity contribution is 7.89.